The molecule has 0 aliphatic heterocycles. The highest BCUT2D eigenvalue weighted by Gasteiger charge is 2.40. The Kier molecular flexibility index (Phi) is 7.12. The number of alkyl halides is 3. The molecule has 1 amide bonds. The predicted octanol–water partition coefficient (Wildman–Crippen LogP) is 6.45. The molecule has 4 rings (SSSR count). The molecule has 186 valence electrons. The van der Waals surface area contributed by atoms with E-state index in [0.29, 0.717) is 11.8 Å². The van der Waals surface area contributed by atoms with Crippen LogP contribution < -0.4 is 15.5 Å². The molecule has 1 aliphatic rings. The SMILES string of the molecule is CC1CCCC(NC(=O)COc2ccc3c(=O)c(-c4ccccc4Cl)c(C(F)(F)F)oc3c2)C1C. The summed E-state index contributed by atoms with van der Waals surface area (Å²) in [5.41, 5.74) is -1.89. The highest BCUT2D eigenvalue weighted by molar-refractivity contribution is 6.33. The molecule has 1 aromatic heterocycles. The number of nitrogens with one attached hydrogen (secondary N) is 1. The monoisotopic (exact) mass is 507 g/mol. The van der Waals surface area contributed by atoms with Gasteiger partial charge in [-0.15, -0.1) is 0 Å². The van der Waals surface area contributed by atoms with E-state index in [2.05, 4.69) is 19.2 Å². The van der Waals surface area contributed by atoms with Crippen molar-refractivity contribution in [2.75, 3.05) is 6.61 Å². The third kappa shape index (κ3) is 5.32. The molecule has 0 spiro atoms. The number of amides is 1. The number of hydrogen-bond donors (Lipinski definition) is 1. The van der Waals surface area contributed by atoms with Crippen LogP contribution in [0.25, 0.3) is 22.1 Å². The quantitative estimate of drug-likeness (QED) is 0.431. The minimum absolute atomic E-state index is 0.00251. The molecule has 0 radical (unpaired) electrons. The molecule has 3 atom stereocenters. The first-order valence-electron chi connectivity index (χ1n) is 11.4. The molecule has 1 heterocycles. The average molecular weight is 508 g/mol. The van der Waals surface area contributed by atoms with E-state index in [1.165, 1.54) is 36.4 Å². The van der Waals surface area contributed by atoms with E-state index in [-0.39, 0.29) is 45.9 Å². The van der Waals surface area contributed by atoms with Crippen molar-refractivity contribution in [1.29, 1.82) is 0 Å². The van der Waals surface area contributed by atoms with E-state index in [1.54, 1.807) is 6.07 Å². The van der Waals surface area contributed by atoms with Gasteiger partial charge in [0.25, 0.3) is 5.91 Å². The Morgan fingerprint density at radius 3 is 2.63 bits per heavy atom. The Hall–Kier alpha value is -3.00. The molecule has 35 heavy (non-hydrogen) atoms. The molecule has 9 heteroatoms. The number of benzene rings is 2. The molecule has 1 fully saturated rings. The highest BCUT2D eigenvalue weighted by atomic mass is 35.5. The van der Waals surface area contributed by atoms with Gasteiger partial charge in [0, 0.05) is 22.7 Å². The number of fused-ring (bicyclic) bond motifs is 1. The van der Waals surface area contributed by atoms with E-state index in [4.69, 9.17) is 20.8 Å². The third-order valence-electron chi connectivity index (χ3n) is 6.69. The summed E-state index contributed by atoms with van der Waals surface area (Å²) in [5.74, 6) is -0.798. The van der Waals surface area contributed by atoms with Crippen LogP contribution in [0.1, 0.15) is 38.9 Å². The molecule has 3 aromatic rings. The van der Waals surface area contributed by atoms with Gasteiger partial charge in [-0.05, 0) is 36.5 Å². The maximum atomic E-state index is 13.8. The summed E-state index contributed by atoms with van der Waals surface area (Å²) in [4.78, 5) is 25.5. The van der Waals surface area contributed by atoms with Crippen molar-refractivity contribution in [3.8, 4) is 16.9 Å². The van der Waals surface area contributed by atoms with E-state index in [0.717, 1.165) is 19.3 Å². The van der Waals surface area contributed by atoms with Gasteiger partial charge in [-0.2, -0.15) is 13.2 Å². The van der Waals surface area contributed by atoms with Crippen LogP contribution in [0.2, 0.25) is 5.02 Å². The smallest absolute Gasteiger partial charge is 0.450 e. The zero-order valence-corrected chi connectivity index (χ0v) is 20.0. The fraction of sp³-hybridized carbons (Fsp3) is 0.385. The Labute approximate surface area is 205 Å². The van der Waals surface area contributed by atoms with Gasteiger partial charge in [-0.3, -0.25) is 9.59 Å². The Morgan fingerprint density at radius 1 is 1.17 bits per heavy atom. The molecule has 0 bridgehead atoms. The van der Waals surface area contributed by atoms with Crippen LogP contribution in [0.5, 0.6) is 5.75 Å². The predicted molar refractivity (Wildman–Crippen MR) is 128 cm³/mol. The first kappa shape index (κ1) is 25.1. The van der Waals surface area contributed by atoms with Crippen LogP contribution >= 0.6 is 11.6 Å². The fourth-order valence-corrected chi connectivity index (χ4v) is 4.78. The van der Waals surface area contributed by atoms with Crippen LogP contribution in [-0.2, 0) is 11.0 Å². The largest absolute Gasteiger partial charge is 0.484 e. The first-order chi connectivity index (χ1) is 16.6. The third-order valence-corrected chi connectivity index (χ3v) is 7.02. The first-order valence-corrected chi connectivity index (χ1v) is 11.8. The summed E-state index contributed by atoms with van der Waals surface area (Å²) < 4.78 is 52.2. The van der Waals surface area contributed by atoms with Crippen molar-refractivity contribution in [2.24, 2.45) is 11.8 Å². The highest BCUT2D eigenvalue weighted by Crippen LogP contribution is 2.39. The van der Waals surface area contributed by atoms with Gasteiger partial charge in [0.1, 0.15) is 11.3 Å². The van der Waals surface area contributed by atoms with Crippen molar-refractivity contribution in [3.05, 3.63) is 63.5 Å². The van der Waals surface area contributed by atoms with Crippen LogP contribution in [0.4, 0.5) is 13.2 Å². The lowest BCUT2D eigenvalue weighted by atomic mass is 9.78. The van der Waals surface area contributed by atoms with Crippen molar-refractivity contribution in [1.82, 2.24) is 5.32 Å². The van der Waals surface area contributed by atoms with Gasteiger partial charge in [0.2, 0.25) is 11.2 Å². The molecule has 1 N–H and O–H groups in total. The van der Waals surface area contributed by atoms with Crippen LogP contribution in [0, 0.1) is 11.8 Å². The standard InChI is InChI=1S/C26H25ClF3NO4/c1-14-6-5-9-20(15(14)2)31-22(32)13-34-16-10-11-18-21(12-16)35-25(26(28,29)30)23(24(18)33)17-7-3-4-8-19(17)27/h3-4,7-8,10-12,14-15,20H,5-6,9,13H2,1-2H3,(H,31,32). The minimum atomic E-state index is -4.94. The van der Waals surface area contributed by atoms with E-state index in [9.17, 15) is 22.8 Å². The van der Waals surface area contributed by atoms with Gasteiger partial charge in [-0.25, -0.2) is 0 Å². The number of hydrogen-bond acceptors (Lipinski definition) is 4. The molecule has 0 saturated heterocycles. The number of rotatable bonds is 5. The van der Waals surface area contributed by atoms with Crippen LogP contribution in [0.15, 0.2) is 51.7 Å². The van der Waals surface area contributed by atoms with E-state index < -0.39 is 22.9 Å². The molecule has 2 aromatic carbocycles. The lowest BCUT2D eigenvalue weighted by Crippen LogP contribution is -2.45. The molecule has 5 nitrogen and oxygen atoms in total. The summed E-state index contributed by atoms with van der Waals surface area (Å²) in [7, 11) is 0. The van der Waals surface area contributed by atoms with Gasteiger partial charge >= 0.3 is 6.18 Å². The lowest BCUT2D eigenvalue weighted by molar-refractivity contribution is -0.152. The molecule has 3 unspecified atom stereocenters. The summed E-state index contributed by atoms with van der Waals surface area (Å²) in [6.45, 7) is 3.96. The second-order valence-electron chi connectivity index (χ2n) is 9.00. The Morgan fingerprint density at radius 2 is 1.91 bits per heavy atom. The lowest BCUT2D eigenvalue weighted by Gasteiger charge is -2.34. The molecule has 1 saturated carbocycles. The minimum Gasteiger partial charge on any atom is -0.484 e. The number of ether oxygens (including phenoxy) is 1. The van der Waals surface area contributed by atoms with Crippen molar-refractivity contribution >= 4 is 28.5 Å². The van der Waals surface area contributed by atoms with Gasteiger partial charge in [0.15, 0.2) is 6.61 Å². The fourth-order valence-electron chi connectivity index (χ4n) is 4.55. The topological polar surface area (TPSA) is 68.5 Å². The number of carbonyl (C=O) groups is 1. The summed E-state index contributed by atoms with van der Waals surface area (Å²) in [5, 5.41) is 2.91. The maximum absolute atomic E-state index is 13.8. The average Bonchev–Trinajstić information content (AvgIpc) is 2.80. The second-order valence-corrected chi connectivity index (χ2v) is 9.41. The molecular weight excluding hydrogens is 483 g/mol. The van der Waals surface area contributed by atoms with Crippen molar-refractivity contribution in [2.45, 2.75) is 45.3 Å². The maximum Gasteiger partial charge on any atom is 0.450 e. The normalized spacial score (nSPS) is 20.6. The summed E-state index contributed by atoms with van der Waals surface area (Å²) in [6.07, 6.45) is -1.87. The molecular formula is C26H25ClF3NO4. The van der Waals surface area contributed by atoms with E-state index in [1.807, 2.05) is 0 Å². The zero-order chi connectivity index (χ0) is 25.3. The zero-order valence-electron chi connectivity index (χ0n) is 19.2. The van der Waals surface area contributed by atoms with Crippen LogP contribution in [-0.4, -0.2) is 18.6 Å². The van der Waals surface area contributed by atoms with Crippen LogP contribution in [0.3, 0.4) is 0 Å². The van der Waals surface area contributed by atoms with Gasteiger partial charge < -0.3 is 14.5 Å². The van der Waals surface area contributed by atoms with Gasteiger partial charge in [-0.1, -0.05) is 56.5 Å². The van der Waals surface area contributed by atoms with Crippen molar-refractivity contribution < 1.29 is 27.1 Å². The molecule has 1 aliphatic carbocycles. The number of carbonyl (C=O) groups excluding carboxylic acids is 1. The van der Waals surface area contributed by atoms with E-state index >= 15 is 0 Å². The Balaban J connectivity index is 1.61. The summed E-state index contributed by atoms with van der Waals surface area (Å²) in [6, 6.07) is 9.75. The number of halogens is 4. The van der Waals surface area contributed by atoms with Gasteiger partial charge in [0.05, 0.1) is 10.9 Å². The Bertz CT molecular complexity index is 1300. The van der Waals surface area contributed by atoms with Crippen molar-refractivity contribution in [3.63, 3.8) is 0 Å². The second kappa shape index (κ2) is 9.93. The summed E-state index contributed by atoms with van der Waals surface area (Å²) >= 11 is 6.08.